The minimum absolute atomic E-state index is 0.0991. The van der Waals surface area contributed by atoms with E-state index >= 15 is 0 Å². The van der Waals surface area contributed by atoms with Gasteiger partial charge in [0.05, 0.1) is 17.8 Å². The first-order valence-electron chi connectivity index (χ1n) is 9.06. The van der Waals surface area contributed by atoms with Crippen LogP contribution in [0, 0.1) is 0 Å². The van der Waals surface area contributed by atoms with Crippen LogP contribution in [0.2, 0.25) is 0 Å². The van der Waals surface area contributed by atoms with E-state index in [-0.39, 0.29) is 24.1 Å². The molecule has 2 N–H and O–H groups in total. The maximum Gasteiger partial charge on any atom is 0.235 e. The van der Waals surface area contributed by atoms with E-state index in [0.717, 1.165) is 16.2 Å². The van der Waals surface area contributed by atoms with Gasteiger partial charge < -0.3 is 14.6 Å². The zero-order valence-electron chi connectivity index (χ0n) is 15.3. The van der Waals surface area contributed by atoms with Crippen LogP contribution >= 0.6 is 0 Å². The highest BCUT2D eigenvalue weighted by atomic mass is 16.5. The lowest BCUT2D eigenvalue weighted by Crippen LogP contribution is -2.39. The van der Waals surface area contributed by atoms with E-state index in [1.165, 1.54) is 6.92 Å². The summed E-state index contributed by atoms with van der Waals surface area (Å²) in [5.41, 5.74) is 1.14. The molecule has 4 rings (SSSR count). The Kier molecular flexibility index (Phi) is 4.68. The van der Waals surface area contributed by atoms with E-state index in [1.807, 2.05) is 24.3 Å². The van der Waals surface area contributed by atoms with Crippen LogP contribution < -0.4 is 15.4 Å². The number of hydrogen-bond donors (Lipinski definition) is 2. The fourth-order valence-corrected chi connectivity index (χ4v) is 3.45. The summed E-state index contributed by atoms with van der Waals surface area (Å²) in [6.45, 7) is 2.25. The lowest BCUT2D eigenvalue weighted by atomic mass is 9.91. The molecule has 1 fully saturated rings. The van der Waals surface area contributed by atoms with Gasteiger partial charge in [-0.15, -0.1) is 0 Å². The van der Waals surface area contributed by atoms with Gasteiger partial charge in [-0.1, -0.05) is 11.2 Å². The Hall–Kier alpha value is -3.42. The summed E-state index contributed by atoms with van der Waals surface area (Å²) in [6, 6.07) is 9.33. The van der Waals surface area contributed by atoms with Crippen LogP contribution in [0.4, 0.5) is 0 Å². The SMILES string of the molecule is CC(=O)NCCOc1ccc2c(ccc3onc(C4CCC(=O)NC4=O)c32)c1. The second-order valence-corrected chi connectivity index (χ2v) is 6.72. The highest BCUT2D eigenvalue weighted by Crippen LogP contribution is 2.36. The Morgan fingerprint density at radius 1 is 1.32 bits per heavy atom. The molecular formula is C20H19N3O5. The van der Waals surface area contributed by atoms with Gasteiger partial charge >= 0.3 is 0 Å². The summed E-state index contributed by atoms with van der Waals surface area (Å²) in [5, 5.41) is 11.8. The van der Waals surface area contributed by atoms with Crippen molar-refractivity contribution in [1.29, 1.82) is 0 Å². The van der Waals surface area contributed by atoms with Crippen LogP contribution in [-0.4, -0.2) is 36.0 Å². The molecule has 1 aliphatic rings. The second kappa shape index (κ2) is 7.30. The zero-order chi connectivity index (χ0) is 19.7. The summed E-state index contributed by atoms with van der Waals surface area (Å²) in [4.78, 5) is 34.6. The molecule has 2 aromatic carbocycles. The van der Waals surface area contributed by atoms with Gasteiger partial charge in [0, 0.05) is 13.3 Å². The molecule has 1 aromatic heterocycles. The fraction of sp³-hybridized carbons (Fsp3) is 0.300. The molecule has 144 valence electrons. The van der Waals surface area contributed by atoms with Gasteiger partial charge in [0.1, 0.15) is 18.1 Å². The van der Waals surface area contributed by atoms with E-state index in [0.29, 0.717) is 36.6 Å². The number of fused-ring (bicyclic) bond motifs is 3. The molecular weight excluding hydrogens is 362 g/mol. The average Bonchev–Trinajstić information content (AvgIpc) is 3.09. The molecule has 3 aromatic rings. The van der Waals surface area contributed by atoms with Crippen molar-refractivity contribution in [3.63, 3.8) is 0 Å². The normalized spacial score (nSPS) is 17.0. The van der Waals surface area contributed by atoms with Gasteiger partial charge in [0.15, 0.2) is 5.58 Å². The Morgan fingerprint density at radius 2 is 2.18 bits per heavy atom. The molecule has 8 nitrogen and oxygen atoms in total. The first kappa shape index (κ1) is 18.0. The van der Waals surface area contributed by atoms with Crippen molar-refractivity contribution in [1.82, 2.24) is 15.8 Å². The van der Waals surface area contributed by atoms with Crippen molar-refractivity contribution in [3.8, 4) is 5.75 Å². The van der Waals surface area contributed by atoms with Gasteiger partial charge in [-0.25, -0.2) is 0 Å². The maximum atomic E-state index is 12.3. The molecule has 28 heavy (non-hydrogen) atoms. The molecule has 8 heteroatoms. The largest absolute Gasteiger partial charge is 0.492 e. The lowest BCUT2D eigenvalue weighted by Gasteiger charge is -2.19. The van der Waals surface area contributed by atoms with Crippen LogP contribution in [0.3, 0.4) is 0 Å². The number of imide groups is 1. The number of benzene rings is 2. The van der Waals surface area contributed by atoms with Crippen molar-refractivity contribution in [2.45, 2.75) is 25.7 Å². The van der Waals surface area contributed by atoms with E-state index in [1.54, 1.807) is 6.07 Å². The summed E-state index contributed by atoms with van der Waals surface area (Å²) in [6.07, 6.45) is 0.689. The highest BCUT2D eigenvalue weighted by Gasteiger charge is 2.32. The summed E-state index contributed by atoms with van der Waals surface area (Å²) < 4.78 is 11.1. The molecule has 0 spiro atoms. The smallest absolute Gasteiger partial charge is 0.235 e. The third kappa shape index (κ3) is 3.40. The fourth-order valence-electron chi connectivity index (χ4n) is 3.45. The van der Waals surface area contributed by atoms with Crippen LogP contribution in [0.5, 0.6) is 5.75 Å². The third-order valence-corrected chi connectivity index (χ3v) is 4.77. The second-order valence-electron chi connectivity index (χ2n) is 6.72. The zero-order valence-corrected chi connectivity index (χ0v) is 15.3. The minimum Gasteiger partial charge on any atom is -0.492 e. The molecule has 1 unspecified atom stereocenters. The number of nitrogens with one attached hydrogen (secondary N) is 2. The van der Waals surface area contributed by atoms with Crippen molar-refractivity contribution >= 4 is 39.5 Å². The molecule has 0 aliphatic carbocycles. The molecule has 3 amide bonds. The molecule has 1 aliphatic heterocycles. The number of aromatic nitrogens is 1. The molecule has 1 atom stereocenters. The topological polar surface area (TPSA) is 111 Å². The monoisotopic (exact) mass is 381 g/mol. The number of nitrogens with zero attached hydrogens (tertiary/aromatic N) is 1. The van der Waals surface area contributed by atoms with Crippen LogP contribution in [-0.2, 0) is 14.4 Å². The Bertz CT molecular complexity index is 1090. The number of piperidine rings is 1. The minimum atomic E-state index is -0.516. The summed E-state index contributed by atoms with van der Waals surface area (Å²) in [7, 11) is 0. The van der Waals surface area contributed by atoms with Gasteiger partial charge in [0.25, 0.3) is 0 Å². The number of carbonyl (C=O) groups excluding carboxylic acids is 3. The van der Waals surface area contributed by atoms with Crippen molar-refractivity contribution in [3.05, 3.63) is 36.0 Å². The average molecular weight is 381 g/mol. The van der Waals surface area contributed by atoms with Crippen LogP contribution in [0.15, 0.2) is 34.9 Å². The number of carbonyl (C=O) groups is 3. The summed E-state index contributed by atoms with van der Waals surface area (Å²) in [5.74, 6) is -0.548. The molecule has 0 bridgehead atoms. The van der Waals surface area contributed by atoms with Crippen molar-refractivity contribution in [2.75, 3.05) is 13.2 Å². The van der Waals surface area contributed by atoms with Gasteiger partial charge in [0.2, 0.25) is 17.7 Å². The quantitative estimate of drug-likeness (QED) is 0.517. The predicted octanol–water partition coefficient (Wildman–Crippen LogP) is 2.02. The number of rotatable bonds is 5. The first-order valence-corrected chi connectivity index (χ1v) is 9.06. The Morgan fingerprint density at radius 3 is 2.96 bits per heavy atom. The standard InChI is InChI=1S/C20H19N3O5/c1-11(24)21-8-9-27-13-3-4-14-12(10-13)2-6-16-18(14)19(23-28-16)15-5-7-17(25)22-20(15)26/h2-4,6,10,15H,5,7-9H2,1H3,(H,21,24)(H,22,25,26). The predicted molar refractivity (Wildman–Crippen MR) is 101 cm³/mol. The lowest BCUT2D eigenvalue weighted by molar-refractivity contribution is -0.134. The Balaban J connectivity index is 1.65. The number of ether oxygens (including phenoxy) is 1. The molecule has 1 saturated heterocycles. The van der Waals surface area contributed by atoms with E-state index in [2.05, 4.69) is 15.8 Å². The Labute approximate surface area is 160 Å². The van der Waals surface area contributed by atoms with Gasteiger partial charge in [-0.05, 0) is 41.5 Å². The molecule has 0 radical (unpaired) electrons. The van der Waals surface area contributed by atoms with E-state index in [9.17, 15) is 14.4 Å². The number of hydrogen-bond acceptors (Lipinski definition) is 6. The van der Waals surface area contributed by atoms with E-state index in [4.69, 9.17) is 9.26 Å². The molecule has 2 heterocycles. The number of amides is 3. The summed E-state index contributed by atoms with van der Waals surface area (Å²) >= 11 is 0. The van der Waals surface area contributed by atoms with E-state index < -0.39 is 5.92 Å². The maximum absolute atomic E-state index is 12.3. The highest BCUT2D eigenvalue weighted by molar-refractivity contribution is 6.10. The molecule has 0 saturated carbocycles. The van der Waals surface area contributed by atoms with Crippen LogP contribution in [0.25, 0.3) is 21.7 Å². The van der Waals surface area contributed by atoms with Gasteiger partial charge in [-0.2, -0.15) is 0 Å². The van der Waals surface area contributed by atoms with Crippen molar-refractivity contribution < 1.29 is 23.6 Å². The third-order valence-electron chi connectivity index (χ3n) is 4.77. The first-order chi connectivity index (χ1) is 13.5. The van der Waals surface area contributed by atoms with Crippen molar-refractivity contribution in [2.24, 2.45) is 0 Å². The van der Waals surface area contributed by atoms with Gasteiger partial charge in [-0.3, -0.25) is 19.7 Å². The van der Waals surface area contributed by atoms with Crippen LogP contribution in [0.1, 0.15) is 31.4 Å².